The Kier molecular flexibility index (Phi) is 6.18. The molecule has 0 saturated carbocycles. The minimum absolute atomic E-state index is 0.172. The second-order valence-electron chi connectivity index (χ2n) is 5.81. The van der Waals surface area contributed by atoms with E-state index >= 15 is 0 Å². The highest BCUT2D eigenvalue weighted by atomic mass is 32.1. The quantitative estimate of drug-likeness (QED) is 0.591. The van der Waals surface area contributed by atoms with Crippen molar-refractivity contribution in [1.29, 1.82) is 0 Å². The highest BCUT2D eigenvalue weighted by Gasteiger charge is 2.14. The normalized spacial score (nSPS) is 10.2. The van der Waals surface area contributed by atoms with Crippen LogP contribution in [0.15, 0.2) is 48.5 Å². The predicted molar refractivity (Wildman–Crippen MR) is 108 cm³/mol. The first-order valence-corrected chi connectivity index (χ1v) is 9.25. The molecule has 0 saturated heterocycles. The standard InChI is InChI=1S/C19H19N5O3S/c1-12-5-3-4-6-15(12)22-19(26)20-11-16-23-24-18(28-16)17(25)21-13-7-9-14(27-2)10-8-13/h3-10H,11H2,1-2H3,(H,21,25)(H2,20,22,26). The van der Waals surface area contributed by atoms with Crippen molar-refractivity contribution in [2.45, 2.75) is 13.5 Å². The monoisotopic (exact) mass is 397 g/mol. The number of hydrogen-bond donors (Lipinski definition) is 3. The topological polar surface area (TPSA) is 105 Å². The molecule has 0 radical (unpaired) electrons. The van der Waals surface area contributed by atoms with Crippen LogP contribution in [0.5, 0.6) is 5.75 Å². The molecule has 3 aromatic rings. The van der Waals surface area contributed by atoms with Crippen molar-refractivity contribution in [1.82, 2.24) is 15.5 Å². The van der Waals surface area contributed by atoms with Crippen LogP contribution in [-0.2, 0) is 6.54 Å². The number of nitrogens with zero attached hydrogens (tertiary/aromatic N) is 2. The number of methoxy groups -OCH3 is 1. The molecule has 2 aromatic carbocycles. The predicted octanol–water partition coefficient (Wildman–Crippen LogP) is 3.43. The fraction of sp³-hybridized carbons (Fsp3) is 0.158. The number of benzene rings is 2. The van der Waals surface area contributed by atoms with E-state index in [0.717, 1.165) is 22.6 Å². The van der Waals surface area contributed by atoms with Crippen LogP contribution in [0, 0.1) is 6.92 Å². The van der Waals surface area contributed by atoms with E-state index < -0.39 is 0 Å². The van der Waals surface area contributed by atoms with Crippen LogP contribution >= 0.6 is 11.3 Å². The zero-order valence-corrected chi connectivity index (χ0v) is 16.2. The zero-order valence-electron chi connectivity index (χ0n) is 15.4. The second kappa shape index (κ2) is 8.96. The maximum absolute atomic E-state index is 12.3. The lowest BCUT2D eigenvalue weighted by Crippen LogP contribution is -2.28. The van der Waals surface area contributed by atoms with Crippen molar-refractivity contribution in [3.63, 3.8) is 0 Å². The number of para-hydroxylation sites is 1. The molecule has 3 N–H and O–H groups in total. The molecule has 0 spiro atoms. The fourth-order valence-electron chi connectivity index (χ4n) is 2.31. The first-order chi connectivity index (χ1) is 13.5. The number of nitrogens with one attached hydrogen (secondary N) is 3. The lowest BCUT2D eigenvalue weighted by molar-refractivity contribution is 0.102. The Balaban J connectivity index is 1.52. The Bertz CT molecular complexity index is 972. The Morgan fingerprint density at radius 1 is 1.04 bits per heavy atom. The first kappa shape index (κ1) is 19.3. The summed E-state index contributed by atoms with van der Waals surface area (Å²) in [5, 5.41) is 16.8. The Morgan fingerprint density at radius 2 is 1.79 bits per heavy atom. The number of urea groups is 1. The van der Waals surface area contributed by atoms with Gasteiger partial charge in [0, 0.05) is 11.4 Å². The average Bonchev–Trinajstić information content (AvgIpc) is 3.18. The van der Waals surface area contributed by atoms with Crippen molar-refractivity contribution in [2.75, 3.05) is 17.7 Å². The van der Waals surface area contributed by atoms with Gasteiger partial charge < -0.3 is 20.7 Å². The van der Waals surface area contributed by atoms with Gasteiger partial charge in [-0.25, -0.2) is 4.79 Å². The summed E-state index contributed by atoms with van der Waals surface area (Å²) in [6, 6.07) is 14.1. The fourth-order valence-corrected chi connectivity index (χ4v) is 2.99. The molecule has 0 aliphatic carbocycles. The maximum atomic E-state index is 12.3. The molecule has 0 fully saturated rings. The molecule has 0 aliphatic heterocycles. The molecule has 28 heavy (non-hydrogen) atoms. The van der Waals surface area contributed by atoms with Crippen molar-refractivity contribution in [3.8, 4) is 5.75 Å². The number of carbonyl (C=O) groups excluding carboxylic acids is 2. The summed E-state index contributed by atoms with van der Waals surface area (Å²) in [6.07, 6.45) is 0. The molecule has 0 unspecified atom stereocenters. The van der Waals surface area contributed by atoms with Crippen LogP contribution in [0.4, 0.5) is 16.2 Å². The lowest BCUT2D eigenvalue weighted by Gasteiger charge is -2.08. The minimum atomic E-state index is -0.363. The van der Waals surface area contributed by atoms with Crippen molar-refractivity contribution < 1.29 is 14.3 Å². The van der Waals surface area contributed by atoms with Gasteiger partial charge in [0.2, 0.25) is 5.01 Å². The third-order valence-corrected chi connectivity index (χ3v) is 4.72. The van der Waals surface area contributed by atoms with Gasteiger partial charge >= 0.3 is 6.03 Å². The van der Waals surface area contributed by atoms with E-state index in [-0.39, 0.29) is 23.5 Å². The molecule has 9 heteroatoms. The van der Waals surface area contributed by atoms with E-state index in [1.54, 1.807) is 31.4 Å². The van der Waals surface area contributed by atoms with Gasteiger partial charge in [-0.1, -0.05) is 29.5 Å². The van der Waals surface area contributed by atoms with Gasteiger partial charge in [-0.3, -0.25) is 4.79 Å². The largest absolute Gasteiger partial charge is 0.497 e. The molecule has 1 heterocycles. The molecule has 0 aliphatic rings. The summed E-state index contributed by atoms with van der Waals surface area (Å²) in [7, 11) is 1.58. The number of amides is 3. The minimum Gasteiger partial charge on any atom is -0.497 e. The molecular formula is C19H19N5O3S. The van der Waals surface area contributed by atoms with Gasteiger partial charge in [-0.15, -0.1) is 10.2 Å². The summed E-state index contributed by atoms with van der Waals surface area (Å²) in [6.45, 7) is 2.08. The number of aromatic nitrogens is 2. The summed E-state index contributed by atoms with van der Waals surface area (Å²) in [5.74, 6) is 0.338. The Labute approximate surface area is 166 Å². The van der Waals surface area contributed by atoms with Crippen LogP contribution in [-0.4, -0.2) is 29.2 Å². The van der Waals surface area contributed by atoms with Crippen LogP contribution in [0.25, 0.3) is 0 Å². The van der Waals surface area contributed by atoms with E-state index in [1.165, 1.54) is 0 Å². The molecule has 1 aromatic heterocycles. The Morgan fingerprint density at radius 3 is 2.50 bits per heavy atom. The number of ether oxygens (including phenoxy) is 1. The highest BCUT2D eigenvalue weighted by molar-refractivity contribution is 7.13. The first-order valence-electron chi connectivity index (χ1n) is 8.43. The van der Waals surface area contributed by atoms with Crippen LogP contribution in [0.2, 0.25) is 0 Å². The zero-order chi connectivity index (χ0) is 19.9. The van der Waals surface area contributed by atoms with Gasteiger partial charge in [0.25, 0.3) is 5.91 Å². The van der Waals surface area contributed by atoms with E-state index in [1.807, 2.05) is 31.2 Å². The second-order valence-corrected chi connectivity index (χ2v) is 6.87. The van der Waals surface area contributed by atoms with E-state index in [2.05, 4.69) is 26.1 Å². The molecule has 8 nitrogen and oxygen atoms in total. The van der Waals surface area contributed by atoms with E-state index in [4.69, 9.17) is 4.74 Å². The van der Waals surface area contributed by atoms with Gasteiger partial charge in [-0.05, 0) is 42.8 Å². The van der Waals surface area contributed by atoms with Crippen LogP contribution < -0.4 is 20.7 Å². The third-order valence-electron chi connectivity index (χ3n) is 3.80. The highest BCUT2D eigenvalue weighted by Crippen LogP contribution is 2.17. The molecule has 3 rings (SSSR count). The van der Waals surface area contributed by atoms with Crippen LogP contribution in [0.3, 0.4) is 0 Å². The molecule has 144 valence electrons. The summed E-state index contributed by atoms with van der Waals surface area (Å²) < 4.78 is 5.08. The maximum Gasteiger partial charge on any atom is 0.319 e. The van der Waals surface area contributed by atoms with Crippen molar-refractivity contribution in [2.24, 2.45) is 0 Å². The summed E-state index contributed by atoms with van der Waals surface area (Å²) >= 11 is 1.12. The summed E-state index contributed by atoms with van der Waals surface area (Å²) in [4.78, 5) is 24.3. The Hall–Kier alpha value is -3.46. The van der Waals surface area contributed by atoms with Gasteiger partial charge in [0.1, 0.15) is 10.8 Å². The molecular weight excluding hydrogens is 378 g/mol. The number of aryl methyl sites for hydroxylation is 1. The third kappa shape index (κ3) is 5.04. The SMILES string of the molecule is COc1ccc(NC(=O)c2nnc(CNC(=O)Nc3ccccc3C)s2)cc1. The van der Waals surface area contributed by atoms with Gasteiger partial charge in [0.15, 0.2) is 0 Å². The van der Waals surface area contributed by atoms with Gasteiger partial charge in [0.05, 0.1) is 13.7 Å². The number of hydrogen-bond acceptors (Lipinski definition) is 6. The van der Waals surface area contributed by atoms with E-state index in [9.17, 15) is 9.59 Å². The van der Waals surface area contributed by atoms with Gasteiger partial charge in [-0.2, -0.15) is 0 Å². The average molecular weight is 397 g/mol. The van der Waals surface area contributed by atoms with Crippen molar-refractivity contribution >= 4 is 34.6 Å². The van der Waals surface area contributed by atoms with Crippen molar-refractivity contribution in [3.05, 3.63) is 64.1 Å². The van der Waals surface area contributed by atoms with E-state index in [0.29, 0.717) is 16.4 Å². The smallest absolute Gasteiger partial charge is 0.319 e. The summed E-state index contributed by atoms with van der Waals surface area (Å²) in [5.41, 5.74) is 2.32. The number of carbonyl (C=O) groups is 2. The van der Waals surface area contributed by atoms with Crippen LogP contribution in [0.1, 0.15) is 20.4 Å². The molecule has 0 atom stereocenters. The molecule has 0 bridgehead atoms. The molecule has 3 amide bonds. The number of rotatable bonds is 6. The lowest BCUT2D eigenvalue weighted by atomic mass is 10.2. The number of anilines is 2.